The molecule has 2 amide bonds. The monoisotopic (exact) mass is 362 g/mol. The first kappa shape index (κ1) is 17.5. The van der Waals surface area contributed by atoms with Crippen molar-refractivity contribution in [3.05, 3.63) is 40.7 Å². The van der Waals surface area contributed by atoms with Crippen molar-refractivity contribution in [2.24, 2.45) is 5.92 Å². The van der Waals surface area contributed by atoms with E-state index in [1.807, 2.05) is 13.8 Å². The Labute approximate surface area is 148 Å². The number of halogens is 1. The lowest BCUT2D eigenvalue weighted by molar-refractivity contribution is -0.118. The number of nitrogens with zero attached hydrogens (tertiary/aromatic N) is 2. The summed E-state index contributed by atoms with van der Waals surface area (Å²) in [5.74, 6) is -1.35. The molecule has 1 fully saturated rings. The Bertz CT molecular complexity index is 788. The predicted molar refractivity (Wildman–Crippen MR) is 93.0 cm³/mol. The smallest absolute Gasteiger partial charge is 0.254 e. The number of anilines is 1. The van der Waals surface area contributed by atoms with Crippen LogP contribution in [-0.2, 0) is 4.79 Å². The van der Waals surface area contributed by atoms with Crippen molar-refractivity contribution in [2.45, 2.75) is 38.6 Å². The highest BCUT2D eigenvalue weighted by molar-refractivity contribution is 7.15. The lowest BCUT2D eigenvalue weighted by Crippen LogP contribution is -2.47. The number of carbonyl (C=O) groups excluding carboxylic acids is 2. The van der Waals surface area contributed by atoms with Gasteiger partial charge >= 0.3 is 0 Å². The molecule has 0 bridgehead atoms. The Balaban J connectivity index is 1.68. The van der Waals surface area contributed by atoms with Crippen LogP contribution < -0.4 is 10.6 Å². The molecule has 1 aromatic heterocycles. The van der Waals surface area contributed by atoms with Gasteiger partial charge in [0.2, 0.25) is 11.0 Å². The molecule has 25 heavy (non-hydrogen) atoms. The van der Waals surface area contributed by atoms with E-state index in [1.165, 1.54) is 29.5 Å². The summed E-state index contributed by atoms with van der Waals surface area (Å²) in [7, 11) is 0. The molecular formula is C17H19FN4O2S. The maximum atomic E-state index is 13.7. The largest absolute Gasteiger partial charge is 0.340 e. The van der Waals surface area contributed by atoms with Gasteiger partial charge in [0.15, 0.2) is 0 Å². The van der Waals surface area contributed by atoms with E-state index in [-0.39, 0.29) is 11.5 Å². The van der Waals surface area contributed by atoms with Crippen molar-refractivity contribution in [2.75, 3.05) is 5.32 Å². The van der Waals surface area contributed by atoms with Gasteiger partial charge in [-0.25, -0.2) is 4.39 Å². The second-order valence-electron chi connectivity index (χ2n) is 6.38. The quantitative estimate of drug-likeness (QED) is 0.827. The van der Waals surface area contributed by atoms with E-state index >= 15 is 0 Å². The Morgan fingerprint density at radius 1 is 1.24 bits per heavy atom. The highest BCUT2D eigenvalue weighted by atomic mass is 32.1. The number of hydrogen-bond donors (Lipinski definition) is 2. The number of nitrogens with one attached hydrogen (secondary N) is 2. The maximum Gasteiger partial charge on any atom is 0.254 e. The summed E-state index contributed by atoms with van der Waals surface area (Å²) in [5.41, 5.74) is -0.0899. The molecule has 3 rings (SSSR count). The molecule has 132 valence electrons. The van der Waals surface area contributed by atoms with Crippen LogP contribution >= 0.6 is 11.3 Å². The molecule has 1 aromatic carbocycles. The number of benzene rings is 1. The third-order valence-electron chi connectivity index (χ3n) is 3.95. The zero-order valence-electron chi connectivity index (χ0n) is 14.0. The number of amides is 2. The van der Waals surface area contributed by atoms with Gasteiger partial charge in [0, 0.05) is 5.92 Å². The van der Waals surface area contributed by atoms with Gasteiger partial charge in [0.05, 0.1) is 5.56 Å². The maximum absolute atomic E-state index is 13.7. The van der Waals surface area contributed by atoms with Crippen LogP contribution in [0.25, 0.3) is 0 Å². The lowest BCUT2D eigenvalue weighted by Gasteiger charge is -2.21. The zero-order chi connectivity index (χ0) is 18.0. The molecule has 1 aliphatic rings. The molecule has 0 saturated heterocycles. The van der Waals surface area contributed by atoms with Crippen LogP contribution in [0.4, 0.5) is 9.52 Å². The van der Waals surface area contributed by atoms with Crippen LogP contribution in [0.1, 0.15) is 48.0 Å². The summed E-state index contributed by atoms with van der Waals surface area (Å²) in [4.78, 5) is 24.8. The van der Waals surface area contributed by atoms with E-state index in [0.29, 0.717) is 11.0 Å². The molecule has 2 N–H and O–H groups in total. The summed E-state index contributed by atoms with van der Waals surface area (Å²) in [5, 5.41) is 14.7. The van der Waals surface area contributed by atoms with Gasteiger partial charge in [-0.1, -0.05) is 37.3 Å². The molecular weight excluding hydrogens is 343 g/mol. The topological polar surface area (TPSA) is 84.0 Å². The molecule has 6 nitrogen and oxygen atoms in total. The van der Waals surface area contributed by atoms with Gasteiger partial charge in [-0.2, -0.15) is 0 Å². The van der Waals surface area contributed by atoms with Gasteiger partial charge in [-0.15, -0.1) is 10.2 Å². The number of aromatic nitrogens is 2. The average Bonchev–Trinajstić information content (AvgIpc) is 3.32. The average molecular weight is 362 g/mol. The summed E-state index contributed by atoms with van der Waals surface area (Å²) in [6.07, 6.45) is 2.21. The van der Waals surface area contributed by atoms with Gasteiger partial charge in [0.1, 0.15) is 16.9 Å². The zero-order valence-corrected chi connectivity index (χ0v) is 14.8. The van der Waals surface area contributed by atoms with Crippen molar-refractivity contribution in [1.29, 1.82) is 0 Å². The summed E-state index contributed by atoms with van der Waals surface area (Å²) >= 11 is 1.35. The van der Waals surface area contributed by atoms with E-state index in [1.54, 1.807) is 6.07 Å². The van der Waals surface area contributed by atoms with Crippen LogP contribution in [0.5, 0.6) is 0 Å². The minimum absolute atomic E-state index is 0.0899. The lowest BCUT2D eigenvalue weighted by atomic mass is 10.0. The van der Waals surface area contributed by atoms with Crippen LogP contribution in [0, 0.1) is 11.7 Å². The van der Waals surface area contributed by atoms with E-state index in [4.69, 9.17) is 0 Å². The Hall–Kier alpha value is -2.35. The first-order chi connectivity index (χ1) is 12.0. The number of hydrogen-bond acceptors (Lipinski definition) is 5. The minimum atomic E-state index is -0.805. The molecule has 0 radical (unpaired) electrons. The fourth-order valence-corrected chi connectivity index (χ4v) is 3.28. The van der Waals surface area contributed by atoms with E-state index in [9.17, 15) is 14.0 Å². The Kier molecular flexibility index (Phi) is 5.08. The predicted octanol–water partition coefficient (Wildman–Crippen LogP) is 2.95. The number of rotatable bonds is 6. The molecule has 8 heteroatoms. The summed E-state index contributed by atoms with van der Waals surface area (Å²) in [6, 6.07) is 4.86. The molecule has 2 aromatic rings. The van der Waals surface area contributed by atoms with Crippen LogP contribution in [0.15, 0.2) is 24.3 Å². The molecule has 0 aliphatic heterocycles. The van der Waals surface area contributed by atoms with Crippen LogP contribution in [0.2, 0.25) is 0 Å². The second kappa shape index (κ2) is 7.26. The van der Waals surface area contributed by atoms with E-state index in [2.05, 4.69) is 20.8 Å². The minimum Gasteiger partial charge on any atom is -0.340 e. The van der Waals surface area contributed by atoms with Gasteiger partial charge < -0.3 is 5.32 Å². The third-order valence-corrected chi connectivity index (χ3v) is 4.95. The van der Waals surface area contributed by atoms with Crippen molar-refractivity contribution in [3.8, 4) is 0 Å². The molecule has 0 spiro atoms. The summed E-state index contributed by atoms with van der Waals surface area (Å²) in [6.45, 7) is 3.61. The van der Waals surface area contributed by atoms with Crippen molar-refractivity contribution < 1.29 is 14.0 Å². The van der Waals surface area contributed by atoms with E-state index in [0.717, 1.165) is 17.8 Å². The van der Waals surface area contributed by atoms with Crippen molar-refractivity contribution >= 4 is 28.3 Å². The summed E-state index contributed by atoms with van der Waals surface area (Å²) < 4.78 is 13.7. The first-order valence-electron chi connectivity index (χ1n) is 8.15. The van der Waals surface area contributed by atoms with Crippen LogP contribution in [-0.4, -0.2) is 28.1 Å². The standard InChI is InChI=1S/C17H19FN4O2S/c1-9(2)13(19-14(23)11-5-3-4-6-12(11)18)15(24)20-17-22-21-16(25-17)10-7-8-10/h3-6,9-10,13H,7-8H2,1-2H3,(H,19,23)(H,20,22,24). The van der Waals surface area contributed by atoms with Gasteiger partial charge in [-0.05, 0) is 30.9 Å². The second-order valence-corrected chi connectivity index (χ2v) is 7.39. The highest BCUT2D eigenvalue weighted by Gasteiger charge is 2.29. The van der Waals surface area contributed by atoms with Crippen molar-refractivity contribution in [3.63, 3.8) is 0 Å². The fraction of sp³-hybridized carbons (Fsp3) is 0.412. The molecule has 1 unspecified atom stereocenters. The SMILES string of the molecule is CC(C)C(NC(=O)c1ccccc1F)C(=O)Nc1nnc(C2CC2)s1. The molecule has 1 saturated carbocycles. The highest BCUT2D eigenvalue weighted by Crippen LogP contribution is 2.42. The molecule has 1 aliphatic carbocycles. The van der Waals surface area contributed by atoms with Crippen LogP contribution in [0.3, 0.4) is 0 Å². The van der Waals surface area contributed by atoms with Crippen molar-refractivity contribution in [1.82, 2.24) is 15.5 Å². The third kappa shape index (κ3) is 4.19. The Morgan fingerprint density at radius 3 is 2.60 bits per heavy atom. The molecule has 1 heterocycles. The fourth-order valence-electron chi connectivity index (χ4n) is 2.36. The first-order valence-corrected chi connectivity index (χ1v) is 8.97. The molecule has 1 atom stereocenters. The number of carbonyl (C=O) groups is 2. The van der Waals surface area contributed by atoms with Gasteiger partial charge in [-0.3, -0.25) is 14.9 Å². The Morgan fingerprint density at radius 2 is 1.96 bits per heavy atom. The van der Waals surface area contributed by atoms with E-state index < -0.39 is 23.7 Å². The van der Waals surface area contributed by atoms with Gasteiger partial charge in [0.25, 0.3) is 5.91 Å². The normalized spacial score (nSPS) is 15.0.